The van der Waals surface area contributed by atoms with E-state index in [-0.39, 0.29) is 27.7 Å². The molecule has 0 unspecified atom stereocenters. The average Bonchev–Trinajstić information content (AvgIpc) is 1.70. The van der Waals surface area contributed by atoms with Gasteiger partial charge >= 0.3 is 27.7 Å². The van der Waals surface area contributed by atoms with E-state index in [2.05, 4.69) is 37.9 Å². The number of rotatable bonds is 0. The van der Waals surface area contributed by atoms with E-state index in [1.165, 1.54) is 16.2 Å². The Morgan fingerprint density at radius 3 is 0.700 bits per heavy atom. The summed E-state index contributed by atoms with van der Waals surface area (Å²) in [5.74, 6) is 0. The fraction of sp³-hybridized carbons (Fsp3) is 0. The molecule has 0 saturated carbocycles. The third kappa shape index (κ3) is 95100. The van der Waals surface area contributed by atoms with Gasteiger partial charge in [0, 0.05) is 0 Å². The molecule has 0 heterocycles. The van der Waals surface area contributed by atoms with E-state index < -0.39 is 0 Å². The Morgan fingerprint density at radius 1 is 0.700 bits per heavy atom. The molecule has 7 heteroatoms. The molecule has 0 aromatic rings. The molecule has 0 saturated heterocycles. The van der Waals surface area contributed by atoms with Crippen molar-refractivity contribution >= 4 is 37.9 Å². The average molecular weight is 375 g/mol. The maximum Gasteiger partial charge on any atom is 3.00 e. The number of thiocyanates is 3. The molecule has 0 aliphatic rings. The van der Waals surface area contributed by atoms with Crippen molar-refractivity contribution in [1.29, 1.82) is 15.8 Å². The van der Waals surface area contributed by atoms with Crippen molar-refractivity contribution in [1.82, 2.24) is 0 Å². The van der Waals surface area contributed by atoms with Gasteiger partial charge in [0.05, 0.1) is 0 Å². The molecule has 0 amide bonds. The zero-order valence-electron chi connectivity index (χ0n) is 4.77. The van der Waals surface area contributed by atoms with Crippen molar-refractivity contribution in [3.8, 4) is 16.2 Å². The van der Waals surface area contributed by atoms with Crippen molar-refractivity contribution < 1.29 is 27.7 Å². The van der Waals surface area contributed by atoms with Gasteiger partial charge in [-0.3, -0.25) is 0 Å². The molecule has 0 fully saturated rings. The van der Waals surface area contributed by atoms with Crippen LogP contribution in [0, 0.1) is 32.0 Å². The second-order valence-electron chi connectivity index (χ2n) is 0.274. The van der Waals surface area contributed by atoms with Crippen LogP contribution in [0.15, 0.2) is 0 Å². The summed E-state index contributed by atoms with van der Waals surface area (Å²) in [6.45, 7) is 0. The van der Waals surface area contributed by atoms with Crippen LogP contribution in [-0.2, 0) is 65.6 Å². The molecule has 10 heavy (non-hydrogen) atoms. The molecule has 0 aromatic carbocycles. The summed E-state index contributed by atoms with van der Waals surface area (Å²) in [5.41, 5.74) is 0. The number of nitrogens with zero attached hydrogens (tertiary/aromatic N) is 3. The molecule has 0 aromatic heterocycles. The van der Waals surface area contributed by atoms with Crippen molar-refractivity contribution in [3.05, 3.63) is 0 Å². The van der Waals surface area contributed by atoms with Gasteiger partial charge in [-0.1, -0.05) is 16.2 Å². The van der Waals surface area contributed by atoms with Gasteiger partial charge in [-0.15, -0.1) is 0 Å². The third-order valence-electron chi connectivity index (χ3n) is 0. The van der Waals surface area contributed by atoms with Crippen LogP contribution in [0.5, 0.6) is 0 Å². The summed E-state index contributed by atoms with van der Waals surface area (Å²) >= 11 is 11.1. The van der Waals surface area contributed by atoms with Gasteiger partial charge in [0.2, 0.25) is 0 Å². The van der Waals surface area contributed by atoms with Crippen LogP contribution in [0.3, 0.4) is 0 Å². The van der Waals surface area contributed by atoms with E-state index in [1.807, 2.05) is 0 Å². The van der Waals surface area contributed by atoms with Gasteiger partial charge < -0.3 is 37.9 Å². The molecule has 0 bridgehead atoms. The Morgan fingerprint density at radius 2 is 0.700 bits per heavy atom. The molecule has 0 spiro atoms. The summed E-state index contributed by atoms with van der Waals surface area (Å²) in [4.78, 5) is 0. The first-order valence-electron chi connectivity index (χ1n) is 1.28. The van der Waals surface area contributed by atoms with Crippen LogP contribution in [0.2, 0.25) is 0 Å². The first kappa shape index (κ1) is 22.5. The van der Waals surface area contributed by atoms with Crippen LogP contribution >= 0.6 is 0 Å². The second-order valence-corrected chi connectivity index (χ2v) is 0.822. The maximum absolute atomic E-state index is 7.13. The van der Waals surface area contributed by atoms with Gasteiger partial charge in [-0.2, -0.15) is 0 Å². The molecular formula is C3HgN3S3. The third-order valence-corrected chi connectivity index (χ3v) is 0. The summed E-state index contributed by atoms with van der Waals surface area (Å²) in [5, 5.41) is 25.4. The van der Waals surface area contributed by atoms with Gasteiger partial charge in [0.25, 0.3) is 0 Å². The predicted molar refractivity (Wildman–Crippen MR) is 38.9 cm³/mol. The van der Waals surface area contributed by atoms with Crippen LogP contribution in [-0.4, -0.2) is 0 Å². The van der Waals surface area contributed by atoms with E-state index in [1.54, 1.807) is 0 Å². The number of nitriles is 3. The summed E-state index contributed by atoms with van der Waals surface area (Å²) < 4.78 is 0. The van der Waals surface area contributed by atoms with Crippen molar-refractivity contribution in [2.24, 2.45) is 0 Å². The zero-order valence-corrected chi connectivity index (χ0v) is 12.7. The summed E-state index contributed by atoms with van der Waals surface area (Å²) in [7, 11) is 0. The summed E-state index contributed by atoms with van der Waals surface area (Å²) in [6.07, 6.45) is 0. The quantitative estimate of drug-likeness (QED) is 0.339. The van der Waals surface area contributed by atoms with E-state index in [0.29, 0.717) is 0 Å². The molecule has 47 valence electrons. The molecule has 3 nitrogen and oxygen atoms in total. The predicted octanol–water partition coefficient (Wildman–Crippen LogP) is 0.0406. The Kier molecular flexibility index (Phi) is 141. The minimum atomic E-state index is 0. The monoisotopic (exact) mass is 376 g/mol. The SMILES string of the molecule is N#C[S-].N#C[S-].N#C[S-].[Hg+3]. The van der Waals surface area contributed by atoms with Crippen molar-refractivity contribution in [2.45, 2.75) is 0 Å². The van der Waals surface area contributed by atoms with Crippen molar-refractivity contribution in [3.63, 3.8) is 0 Å². The van der Waals surface area contributed by atoms with Crippen LogP contribution in [0.1, 0.15) is 0 Å². The molecule has 0 aliphatic heterocycles. The normalized spacial score (nSPS) is 2.10. The molecule has 0 rings (SSSR count). The van der Waals surface area contributed by atoms with Gasteiger partial charge in [0.1, 0.15) is 0 Å². The summed E-state index contributed by atoms with van der Waals surface area (Å²) in [6, 6.07) is 0. The fourth-order valence-corrected chi connectivity index (χ4v) is 0. The minimum Gasteiger partial charge on any atom is -0.696 e. The van der Waals surface area contributed by atoms with Crippen LogP contribution in [0.25, 0.3) is 0 Å². The standard InChI is InChI=1S/3CHNS.Hg/c3*2-1-3;/h3*3H;/q;;;+3/p-3. The topological polar surface area (TPSA) is 71.4 Å². The van der Waals surface area contributed by atoms with E-state index in [4.69, 9.17) is 15.8 Å². The van der Waals surface area contributed by atoms with Crippen LogP contribution < -0.4 is 0 Å². The van der Waals surface area contributed by atoms with Crippen molar-refractivity contribution in [2.75, 3.05) is 0 Å². The smallest absolute Gasteiger partial charge is 0.696 e. The van der Waals surface area contributed by atoms with Crippen LogP contribution in [0.4, 0.5) is 0 Å². The fourth-order valence-electron chi connectivity index (χ4n) is 0. The second kappa shape index (κ2) is 62.8. The molecule has 0 atom stereocenters. The molecule has 0 aliphatic carbocycles. The van der Waals surface area contributed by atoms with Gasteiger partial charge in [-0.25, -0.2) is 15.8 Å². The van der Waals surface area contributed by atoms with Gasteiger partial charge in [-0.05, 0) is 0 Å². The van der Waals surface area contributed by atoms with Gasteiger partial charge in [0.15, 0.2) is 0 Å². The zero-order chi connectivity index (χ0) is 8.12. The van der Waals surface area contributed by atoms with E-state index in [9.17, 15) is 0 Å². The Labute approximate surface area is 96.8 Å². The molecule has 0 radical (unpaired) electrons. The van der Waals surface area contributed by atoms with E-state index >= 15 is 0 Å². The van der Waals surface area contributed by atoms with E-state index in [0.717, 1.165) is 0 Å². The maximum atomic E-state index is 7.13. The number of hydrogen-bond donors (Lipinski definition) is 0. The minimum absolute atomic E-state index is 0. The molecular weight excluding hydrogens is 375 g/mol. The first-order chi connectivity index (χ1) is 4.24. The first-order valence-corrected chi connectivity index (χ1v) is 2.51. The molecule has 0 N–H and O–H groups in total. The Bertz CT molecular complexity index is 112. The number of hydrogen-bond acceptors (Lipinski definition) is 6. The Balaban J connectivity index is -0.0000000257. The largest absolute Gasteiger partial charge is 3.00 e. The Hall–Kier alpha value is 0.0651.